The van der Waals surface area contributed by atoms with Crippen molar-refractivity contribution in [3.05, 3.63) is 71.3 Å². The van der Waals surface area contributed by atoms with Crippen LogP contribution in [0.1, 0.15) is 21.5 Å². The van der Waals surface area contributed by atoms with Crippen LogP contribution in [0.3, 0.4) is 0 Å². The zero-order valence-corrected chi connectivity index (χ0v) is 13.7. The van der Waals surface area contributed by atoms with Gasteiger partial charge in [0.15, 0.2) is 6.29 Å². The Morgan fingerprint density at radius 2 is 1.88 bits per heavy atom. The molecule has 1 heterocycles. The maximum atomic E-state index is 10.9. The molecule has 1 aromatic heterocycles. The third-order valence-corrected chi connectivity index (χ3v) is 4.35. The minimum absolute atomic E-state index is 0.0437. The number of aldehydes is 1. The molecule has 25 heavy (non-hydrogen) atoms. The number of rotatable bonds is 4. The third-order valence-electron chi connectivity index (χ3n) is 4.35. The highest BCUT2D eigenvalue weighted by atomic mass is 16.5. The van der Waals surface area contributed by atoms with Gasteiger partial charge in [-0.05, 0) is 54.4 Å². The molecule has 0 saturated carbocycles. The summed E-state index contributed by atoms with van der Waals surface area (Å²) in [6, 6.07) is 17.2. The molecule has 0 aliphatic heterocycles. The molecular formula is C21H17NO3. The molecule has 0 spiro atoms. The van der Waals surface area contributed by atoms with Gasteiger partial charge in [-0.2, -0.15) is 0 Å². The number of H-pyrrole nitrogens is 1. The number of aromatic nitrogens is 1. The van der Waals surface area contributed by atoms with Gasteiger partial charge >= 0.3 is 0 Å². The standard InChI is InChI=1S/C21H17NO3/c1-13-2-5-17-18-9-14(3-6-19(18)22-20(17)8-13)12-25-16-4-7-21(24)15(10-16)11-23/h2-11,22,24H,12H2,1H3. The van der Waals surface area contributed by atoms with E-state index < -0.39 is 0 Å². The molecule has 0 unspecified atom stereocenters. The first-order chi connectivity index (χ1) is 12.1. The van der Waals surface area contributed by atoms with Gasteiger partial charge in [-0.1, -0.05) is 18.2 Å². The number of aromatic hydroxyl groups is 1. The lowest BCUT2D eigenvalue weighted by atomic mass is 10.1. The average molecular weight is 331 g/mol. The summed E-state index contributed by atoms with van der Waals surface area (Å²) in [6.07, 6.45) is 0.613. The number of carbonyl (C=O) groups is 1. The van der Waals surface area contributed by atoms with E-state index >= 15 is 0 Å². The Labute approximate surface area is 144 Å². The van der Waals surface area contributed by atoms with Crippen LogP contribution in [0.25, 0.3) is 21.8 Å². The van der Waals surface area contributed by atoms with Gasteiger partial charge in [-0.3, -0.25) is 4.79 Å². The Morgan fingerprint density at radius 3 is 2.72 bits per heavy atom. The smallest absolute Gasteiger partial charge is 0.153 e. The SMILES string of the molecule is Cc1ccc2c(c1)[nH]c1ccc(COc3ccc(O)c(C=O)c3)cc12. The highest BCUT2D eigenvalue weighted by Gasteiger charge is 2.07. The molecule has 124 valence electrons. The fourth-order valence-electron chi connectivity index (χ4n) is 3.04. The second kappa shape index (κ2) is 5.98. The van der Waals surface area contributed by atoms with Crippen molar-refractivity contribution < 1.29 is 14.6 Å². The lowest BCUT2D eigenvalue weighted by Crippen LogP contribution is -1.96. The van der Waals surface area contributed by atoms with Gasteiger partial charge in [0.25, 0.3) is 0 Å². The molecule has 0 bridgehead atoms. The Bertz CT molecular complexity index is 1100. The van der Waals surface area contributed by atoms with Crippen molar-refractivity contribution >= 4 is 28.1 Å². The van der Waals surface area contributed by atoms with Gasteiger partial charge in [0.1, 0.15) is 18.1 Å². The number of hydrogen-bond acceptors (Lipinski definition) is 3. The van der Waals surface area contributed by atoms with Gasteiger partial charge in [0.05, 0.1) is 5.56 Å². The lowest BCUT2D eigenvalue weighted by Gasteiger charge is -2.08. The number of hydrogen-bond donors (Lipinski definition) is 2. The predicted molar refractivity (Wildman–Crippen MR) is 98.4 cm³/mol. The number of fused-ring (bicyclic) bond motifs is 3. The topological polar surface area (TPSA) is 62.3 Å². The second-order valence-electron chi connectivity index (χ2n) is 6.18. The van der Waals surface area contributed by atoms with Crippen LogP contribution in [0.4, 0.5) is 0 Å². The van der Waals surface area contributed by atoms with Crippen LogP contribution in [0.15, 0.2) is 54.6 Å². The maximum absolute atomic E-state index is 10.9. The van der Waals surface area contributed by atoms with Crippen LogP contribution >= 0.6 is 0 Å². The molecule has 3 aromatic carbocycles. The van der Waals surface area contributed by atoms with Gasteiger partial charge in [-0.25, -0.2) is 0 Å². The van der Waals surface area contributed by atoms with Crippen LogP contribution in [-0.4, -0.2) is 16.4 Å². The molecular weight excluding hydrogens is 314 g/mol. The zero-order valence-electron chi connectivity index (χ0n) is 13.7. The van der Waals surface area contributed by atoms with E-state index in [1.54, 1.807) is 6.07 Å². The quantitative estimate of drug-likeness (QED) is 0.532. The fraction of sp³-hybridized carbons (Fsp3) is 0.0952. The molecule has 4 aromatic rings. The molecule has 4 rings (SSSR count). The Hall–Kier alpha value is -3.27. The van der Waals surface area contributed by atoms with E-state index in [4.69, 9.17) is 4.74 Å². The average Bonchev–Trinajstić information content (AvgIpc) is 2.97. The van der Waals surface area contributed by atoms with Crippen LogP contribution in [0.5, 0.6) is 11.5 Å². The van der Waals surface area contributed by atoms with Crippen LogP contribution < -0.4 is 4.74 Å². The molecule has 0 aliphatic rings. The number of phenols is 1. The summed E-state index contributed by atoms with van der Waals surface area (Å²) < 4.78 is 5.77. The van der Waals surface area contributed by atoms with E-state index in [1.165, 1.54) is 23.1 Å². The highest BCUT2D eigenvalue weighted by molar-refractivity contribution is 6.07. The molecule has 0 saturated heterocycles. The van der Waals surface area contributed by atoms with E-state index in [0.29, 0.717) is 18.6 Å². The molecule has 0 aliphatic carbocycles. The van der Waals surface area contributed by atoms with E-state index in [1.807, 2.05) is 6.07 Å². The van der Waals surface area contributed by atoms with Crippen LogP contribution in [0, 0.1) is 6.92 Å². The van der Waals surface area contributed by atoms with Crippen molar-refractivity contribution in [3.8, 4) is 11.5 Å². The summed E-state index contributed by atoms with van der Waals surface area (Å²) in [6.45, 7) is 2.47. The van der Waals surface area contributed by atoms with Gasteiger partial charge < -0.3 is 14.8 Å². The first-order valence-corrected chi connectivity index (χ1v) is 8.06. The van der Waals surface area contributed by atoms with E-state index in [2.05, 4.69) is 42.2 Å². The first kappa shape index (κ1) is 15.3. The summed E-state index contributed by atoms with van der Waals surface area (Å²) in [4.78, 5) is 14.3. The normalized spacial score (nSPS) is 11.1. The minimum atomic E-state index is -0.0437. The Kier molecular flexibility index (Phi) is 3.65. The third kappa shape index (κ3) is 2.83. The van der Waals surface area contributed by atoms with E-state index in [9.17, 15) is 9.90 Å². The maximum Gasteiger partial charge on any atom is 0.153 e. The Balaban J connectivity index is 1.63. The number of ether oxygens (including phenoxy) is 1. The van der Waals surface area contributed by atoms with E-state index in [0.717, 1.165) is 22.0 Å². The van der Waals surface area contributed by atoms with Crippen molar-refractivity contribution in [2.45, 2.75) is 13.5 Å². The number of carbonyl (C=O) groups excluding carboxylic acids is 1. The molecule has 0 amide bonds. The number of nitrogens with one attached hydrogen (secondary N) is 1. The molecule has 0 radical (unpaired) electrons. The highest BCUT2D eigenvalue weighted by Crippen LogP contribution is 2.28. The van der Waals surface area contributed by atoms with E-state index in [-0.39, 0.29) is 11.3 Å². The molecule has 4 heteroatoms. The van der Waals surface area contributed by atoms with Crippen LogP contribution in [-0.2, 0) is 6.61 Å². The van der Waals surface area contributed by atoms with Gasteiger partial charge in [0, 0.05) is 21.8 Å². The lowest BCUT2D eigenvalue weighted by molar-refractivity contribution is 0.112. The van der Waals surface area contributed by atoms with Crippen LogP contribution in [0.2, 0.25) is 0 Å². The summed E-state index contributed by atoms with van der Waals surface area (Å²) in [5.74, 6) is 0.507. The van der Waals surface area contributed by atoms with Crippen molar-refractivity contribution in [2.75, 3.05) is 0 Å². The largest absolute Gasteiger partial charge is 0.507 e. The van der Waals surface area contributed by atoms with Crippen molar-refractivity contribution in [3.63, 3.8) is 0 Å². The summed E-state index contributed by atoms with van der Waals surface area (Å²) in [7, 11) is 0. The van der Waals surface area contributed by atoms with Gasteiger partial charge in [-0.15, -0.1) is 0 Å². The first-order valence-electron chi connectivity index (χ1n) is 8.06. The summed E-state index contributed by atoms with van der Waals surface area (Å²) in [5.41, 5.74) is 4.70. The monoisotopic (exact) mass is 331 g/mol. The second-order valence-corrected chi connectivity index (χ2v) is 6.18. The number of benzene rings is 3. The molecule has 0 atom stereocenters. The fourth-order valence-corrected chi connectivity index (χ4v) is 3.04. The van der Waals surface area contributed by atoms with Crippen molar-refractivity contribution in [1.82, 2.24) is 4.98 Å². The summed E-state index contributed by atoms with van der Waals surface area (Å²) in [5, 5.41) is 11.9. The Morgan fingerprint density at radius 1 is 1.00 bits per heavy atom. The molecule has 4 nitrogen and oxygen atoms in total. The predicted octanol–water partition coefficient (Wildman–Crippen LogP) is 4.73. The van der Waals surface area contributed by atoms with Crippen molar-refractivity contribution in [2.24, 2.45) is 0 Å². The molecule has 2 N–H and O–H groups in total. The van der Waals surface area contributed by atoms with Crippen molar-refractivity contribution in [1.29, 1.82) is 0 Å². The number of aryl methyl sites for hydroxylation is 1. The number of phenolic OH excluding ortho intramolecular Hbond substituents is 1. The zero-order chi connectivity index (χ0) is 17.4. The minimum Gasteiger partial charge on any atom is -0.507 e. The number of aromatic amines is 1. The summed E-state index contributed by atoms with van der Waals surface area (Å²) >= 11 is 0. The molecule has 0 fully saturated rings. The van der Waals surface area contributed by atoms with Gasteiger partial charge in [0.2, 0.25) is 0 Å².